The van der Waals surface area contributed by atoms with Crippen LogP contribution in [0.5, 0.6) is 0 Å². The minimum Gasteiger partial charge on any atom is -0.476 e. The molecule has 0 saturated carbocycles. The third kappa shape index (κ3) is 1.83. The van der Waals surface area contributed by atoms with Gasteiger partial charge in [0.1, 0.15) is 5.82 Å². The third-order valence-electron chi connectivity index (χ3n) is 1.80. The van der Waals surface area contributed by atoms with Gasteiger partial charge in [-0.1, -0.05) is 0 Å². The molecule has 0 atom stereocenters. The first-order chi connectivity index (χ1) is 7.16. The lowest BCUT2D eigenvalue weighted by Crippen LogP contribution is -2.03. The summed E-state index contributed by atoms with van der Waals surface area (Å²) in [4.78, 5) is 18.7. The lowest BCUT2D eigenvalue weighted by Gasteiger charge is -1.99. The highest BCUT2D eigenvalue weighted by molar-refractivity contribution is 5.85. The normalized spacial score (nSPS) is 10.2. The fraction of sp³-hybridized carbons (Fsp3) is 0.111. The molecule has 1 N–H and O–H groups in total. The Morgan fingerprint density at radius 3 is 2.87 bits per heavy atom. The van der Waals surface area contributed by atoms with Crippen LogP contribution in [0.3, 0.4) is 0 Å². The van der Waals surface area contributed by atoms with Gasteiger partial charge in [-0.15, -0.1) is 0 Å². The van der Waals surface area contributed by atoms with Crippen LogP contribution in [-0.4, -0.2) is 30.8 Å². The summed E-state index contributed by atoms with van der Waals surface area (Å²) in [5, 5.41) is 12.5. The molecular weight excluding hydrogens is 196 g/mol. The first-order valence-electron chi connectivity index (χ1n) is 4.26. The zero-order valence-electron chi connectivity index (χ0n) is 7.95. The monoisotopic (exact) mass is 204 g/mol. The number of aryl methyl sites for hydroxylation is 1. The van der Waals surface area contributed by atoms with Crippen LogP contribution < -0.4 is 0 Å². The summed E-state index contributed by atoms with van der Waals surface area (Å²) < 4.78 is 1.40. The molecule has 0 radical (unpaired) electrons. The summed E-state index contributed by atoms with van der Waals surface area (Å²) in [5.41, 5.74) is -0.00809. The average Bonchev–Trinajstić information content (AvgIpc) is 2.66. The van der Waals surface area contributed by atoms with Crippen molar-refractivity contribution in [2.75, 3.05) is 0 Å². The van der Waals surface area contributed by atoms with E-state index in [1.54, 1.807) is 25.4 Å². The highest BCUT2D eigenvalue weighted by atomic mass is 16.4. The summed E-state index contributed by atoms with van der Waals surface area (Å²) in [6.45, 7) is 1.76. The van der Waals surface area contributed by atoms with Gasteiger partial charge in [0.2, 0.25) is 0 Å². The van der Waals surface area contributed by atoms with Crippen LogP contribution in [0.2, 0.25) is 0 Å². The molecule has 2 heterocycles. The zero-order chi connectivity index (χ0) is 10.8. The summed E-state index contributed by atoms with van der Waals surface area (Å²) >= 11 is 0. The van der Waals surface area contributed by atoms with E-state index in [0.717, 1.165) is 0 Å². The Bertz CT molecular complexity index is 506. The molecule has 0 aliphatic heterocycles. The number of carboxylic acid groups (broad SMARTS) is 1. The fourth-order valence-electron chi connectivity index (χ4n) is 1.14. The standard InChI is InChI=1S/C9H8N4O2/c1-6-10-4-2-8(11-6)13-5-3-7(12-13)9(14)15/h2-5H,1H3,(H,14,15). The molecule has 0 unspecified atom stereocenters. The topological polar surface area (TPSA) is 80.9 Å². The van der Waals surface area contributed by atoms with Crippen LogP contribution in [0.15, 0.2) is 24.5 Å². The van der Waals surface area contributed by atoms with Gasteiger partial charge in [0.05, 0.1) is 0 Å². The highest BCUT2D eigenvalue weighted by Gasteiger charge is 2.08. The molecule has 0 spiro atoms. The van der Waals surface area contributed by atoms with E-state index in [1.165, 1.54) is 10.7 Å². The minimum atomic E-state index is -1.06. The van der Waals surface area contributed by atoms with Crippen molar-refractivity contribution in [1.82, 2.24) is 19.7 Å². The number of carbonyl (C=O) groups is 1. The molecule has 76 valence electrons. The molecule has 2 rings (SSSR count). The fourth-order valence-corrected chi connectivity index (χ4v) is 1.14. The zero-order valence-corrected chi connectivity index (χ0v) is 7.95. The van der Waals surface area contributed by atoms with Gasteiger partial charge < -0.3 is 5.11 Å². The molecule has 0 aliphatic rings. The van der Waals surface area contributed by atoms with Crippen molar-refractivity contribution in [2.24, 2.45) is 0 Å². The summed E-state index contributed by atoms with van der Waals surface area (Å²) in [5.74, 6) is 0.106. The summed E-state index contributed by atoms with van der Waals surface area (Å²) in [7, 11) is 0. The number of hydrogen-bond donors (Lipinski definition) is 1. The molecule has 0 aromatic carbocycles. The minimum absolute atomic E-state index is 0.00809. The Kier molecular flexibility index (Phi) is 2.17. The van der Waals surface area contributed by atoms with Crippen LogP contribution in [0, 0.1) is 6.92 Å². The molecule has 0 amide bonds. The van der Waals surface area contributed by atoms with Crippen LogP contribution in [0.25, 0.3) is 5.82 Å². The smallest absolute Gasteiger partial charge is 0.356 e. The Morgan fingerprint density at radius 2 is 2.27 bits per heavy atom. The Hall–Kier alpha value is -2.24. The van der Waals surface area contributed by atoms with Crippen LogP contribution in [0.1, 0.15) is 16.3 Å². The lowest BCUT2D eigenvalue weighted by atomic mass is 10.5. The van der Waals surface area contributed by atoms with Gasteiger partial charge in [-0.3, -0.25) is 0 Å². The van der Waals surface area contributed by atoms with E-state index in [-0.39, 0.29) is 5.69 Å². The van der Waals surface area contributed by atoms with Gasteiger partial charge in [-0.05, 0) is 13.0 Å². The van der Waals surface area contributed by atoms with Gasteiger partial charge in [0, 0.05) is 18.5 Å². The van der Waals surface area contributed by atoms with Gasteiger partial charge in [-0.2, -0.15) is 5.10 Å². The van der Waals surface area contributed by atoms with Gasteiger partial charge >= 0.3 is 5.97 Å². The van der Waals surface area contributed by atoms with Crippen molar-refractivity contribution < 1.29 is 9.90 Å². The van der Waals surface area contributed by atoms with Crippen LogP contribution in [0.4, 0.5) is 0 Å². The molecule has 0 saturated heterocycles. The van der Waals surface area contributed by atoms with Crippen molar-refractivity contribution in [3.8, 4) is 5.82 Å². The molecule has 2 aromatic rings. The molecule has 2 aromatic heterocycles. The van der Waals surface area contributed by atoms with Crippen LogP contribution in [-0.2, 0) is 0 Å². The molecule has 6 heteroatoms. The Labute approximate surface area is 85.2 Å². The van der Waals surface area contributed by atoms with Gasteiger partial charge in [0.25, 0.3) is 0 Å². The first-order valence-corrected chi connectivity index (χ1v) is 4.26. The van der Waals surface area contributed by atoms with E-state index in [2.05, 4.69) is 15.1 Å². The maximum Gasteiger partial charge on any atom is 0.356 e. The SMILES string of the molecule is Cc1nccc(-n2ccc(C(=O)O)n2)n1. The second kappa shape index (κ2) is 3.49. The highest BCUT2D eigenvalue weighted by Crippen LogP contribution is 2.03. The first kappa shape index (κ1) is 9.32. The maximum atomic E-state index is 10.6. The molecule has 6 nitrogen and oxygen atoms in total. The van der Waals surface area contributed by atoms with E-state index >= 15 is 0 Å². The largest absolute Gasteiger partial charge is 0.476 e. The second-order valence-corrected chi connectivity index (χ2v) is 2.91. The Morgan fingerprint density at radius 1 is 1.47 bits per heavy atom. The van der Waals surface area contributed by atoms with Gasteiger partial charge in [-0.25, -0.2) is 19.4 Å². The molecular formula is C9H8N4O2. The van der Waals surface area contributed by atoms with E-state index < -0.39 is 5.97 Å². The van der Waals surface area contributed by atoms with Crippen molar-refractivity contribution in [3.05, 3.63) is 36.0 Å². The predicted octanol–water partition coefficient (Wildman–Crippen LogP) is 0.669. The summed E-state index contributed by atoms with van der Waals surface area (Å²) in [6, 6.07) is 3.07. The lowest BCUT2D eigenvalue weighted by molar-refractivity contribution is 0.0690. The van der Waals surface area contributed by atoms with Crippen LogP contribution >= 0.6 is 0 Å². The second-order valence-electron chi connectivity index (χ2n) is 2.91. The number of nitrogens with zero attached hydrogens (tertiary/aromatic N) is 4. The average molecular weight is 204 g/mol. The number of rotatable bonds is 2. The number of hydrogen-bond acceptors (Lipinski definition) is 4. The molecule has 0 bridgehead atoms. The molecule has 15 heavy (non-hydrogen) atoms. The van der Waals surface area contributed by atoms with E-state index in [1.807, 2.05) is 0 Å². The van der Waals surface area contributed by atoms with E-state index in [9.17, 15) is 4.79 Å². The molecule has 0 aliphatic carbocycles. The number of aromatic nitrogens is 4. The van der Waals surface area contributed by atoms with E-state index in [4.69, 9.17) is 5.11 Å². The predicted molar refractivity (Wildman–Crippen MR) is 50.9 cm³/mol. The molecule has 0 fully saturated rings. The van der Waals surface area contributed by atoms with Crippen molar-refractivity contribution in [2.45, 2.75) is 6.92 Å². The Balaban J connectivity index is 2.41. The number of aromatic carboxylic acids is 1. The number of carboxylic acids is 1. The third-order valence-corrected chi connectivity index (χ3v) is 1.80. The van der Waals surface area contributed by atoms with Crippen molar-refractivity contribution in [1.29, 1.82) is 0 Å². The summed E-state index contributed by atoms with van der Waals surface area (Å²) in [6.07, 6.45) is 3.14. The van der Waals surface area contributed by atoms with Crippen molar-refractivity contribution in [3.63, 3.8) is 0 Å². The maximum absolute atomic E-state index is 10.6. The quantitative estimate of drug-likeness (QED) is 0.777. The van der Waals surface area contributed by atoms with Gasteiger partial charge in [0.15, 0.2) is 11.5 Å². The van der Waals surface area contributed by atoms with Crippen molar-refractivity contribution >= 4 is 5.97 Å². The van der Waals surface area contributed by atoms with E-state index in [0.29, 0.717) is 11.6 Å².